The largest absolute Gasteiger partial charge is 0.432 e. The van der Waals surface area contributed by atoms with Crippen molar-refractivity contribution in [2.24, 2.45) is 0 Å². The highest BCUT2D eigenvalue weighted by Crippen LogP contribution is 2.21. The fourth-order valence-corrected chi connectivity index (χ4v) is 2.38. The smallest absolute Gasteiger partial charge is 0.297 e. The number of hydrogen-bond donors (Lipinski definition) is 1. The van der Waals surface area contributed by atoms with E-state index < -0.39 is 0 Å². The average molecular weight is 266 g/mol. The van der Waals surface area contributed by atoms with Crippen LogP contribution in [0.3, 0.4) is 0 Å². The van der Waals surface area contributed by atoms with Gasteiger partial charge in [0.15, 0.2) is 0 Å². The number of rotatable bonds is 5. The zero-order valence-corrected chi connectivity index (χ0v) is 12.5. The Morgan fingerprint density at radius 2 is 2.32 bits per heavy atom. The molecule has 108 valence electrons. The zero-order chi connectivity index (χ0) is 13.8. The van der Waals surface area contributed by atoms with Crippen LogP contribution in [-0.4, -0.2) is 49.2 Å². The minimum absolute atomic E-state index is 0.466. The molecule has 0 saturated carbocycles. The fourth-order valence-electron chi connectivity index (χ4n) is 2.38. The Morgan fingerprint density at radius 3 is 3.00 bits per heavy atom. The van der Waals surface area contributed by atoms with Gasteiger partial charge in [0.25, 0.3) is 6.01 Å². The lowest BCUT2D eigenvalue weighted by Gasteiger charge is -2.35. The molecule has 1 aliphatic heterocycles. The molecule has 1 unspecified atom stereocenters. The van der Waals surface area contributed by atoms with Crippen molar-refractivity contribution in [1.82, 2.24) is 15.2 Å². The second kappa shape index (κ2) is 6.39. The molecule has 2 heterocycles. The van der Waals surface area contributed by atoms with E-state index in [1.54, 1.807) is 6.26 Å². The molecule has 0 aliphatic carbocycles. The van der Waals surface area contributed by atoms with Crippen LogP contribution in [0.4, 0.5) is 6.01 Å². The lowest BCUT2D eigenvalue weighted by Crippen LogP contribution is -2.45. The highest BCUT2D eigenvalue weighted by atomic mass is 16.4. The minimum atomic E-state index is 0.466. The molecule has 1 N–H and O–H groups in total. The summed E-state index contributed by atoms with van der Waals surface area (Å²) in [5.74, 6) is 0. The number of hydrogen-bond acceptors (Lipinski definition) is 5. The Labute approximate surface area is 116 Å². The maximum absolute atomic E-state index is 5.62. The first kappa shape index (κ1) is 14.3. The molecule has 1 fully saturated rings. The number of oxazole rings is 1. The molecule has 0 amide bonds. The van der Waals surface area contributed by atoms with E-state index >= 15 is 0 Å². The highest BCUT2D eigenvalue weighted by Gasteiger charge is 2.24. The van der Waals surface area contributed by atoms with Crippen molar-refractivity contribution in [3.05, 3.63) is 12.0 Å². The van der Waals surface area contributed by atoms with Crippen molar-refractivity contribution >= 4 is 6.01 Å². The molecule has 0 radical (unpaired) electrons. The Hall–Kier alpha value is -1.07. The number of nitrogens with one attached hydrogen (secondary N) is 1. The predicted octanol–water partition coefficient (Wildman–Crippen LogP) is 1.70. The summed E-state index contributed by atoms with van der Waals surface area (Å²) in [5, 5.41) is 3.36. The molecule has 0 bridgehead atoms. The van der Waals surface area contributed by atoms with Gasteiger partial charge in [-0.1, -0.05) is 13.8 Å². The van der Waals surface area contributed by atoms with E-state index in [0.717, 1.165) is 31.3 Å². The van der Waals surface area contributed by atoms with Crippen molar-refractivity contribution in [3.8, 4) is 0 Å². The van der Waals surface area contributed by atoms with Gasteiger partial charge in [0.2, 0.25) is 0 Å². The SMILES string of the molecule is CC(C)NCc1coc(N2CCCC(N(C)C)C2)n1. The van der Waals surface area contributed by atoms with E-state index in [0.29, 0.717) is 12.1 Å². The number of aromatic nitrogens is 1. The van der Waals surface area contributed by atoms with E-state index in [4.69, 9.17) is 4.42 Å². The number of anilines is 1. The number of nitrogens with zero attached hydrogens (tertiary/aromatic N) is 3. The second-order valence-corrected chi connectivity index (χ2v) is 5.86. The van der Waals surface area contributed by atoms with Crippen LogP contribution in [0.1, 0.15) is 32.4 Å². The highest BCUT2D eigenvalue weighted by molar-refractivity contribution is 5.28. The molecule has 5 nitrogen and oxygen atoms in total. The van der Waals surface area contributed by atoms with E-state index in [2.05, 4.69) is 48.0 Å². The molecular formula is C14H26N4O. The first-order chi connectivity index (χ1) is 9.06. The molecular weight excluding hydrogens is 240 g/mol. The van der Waals surface area contributed by atoms with Gasteiger partial charge in [-0.25, -0.2) is 0 Å². The molecule has 2 rings (SSSR count). The Kier molecular flexibility index (Phi) is 4.82. The molecule has 0 aromatic carbocycles. The van der Waals surface area contributed by atoms with Gasteiger partial charge < -0.3 is 19.5 Å². The van der Waals surface area contributed by atoms with Gasteiger partial charge in [-0.15, -0.1) is 0 Å². The van der Waals surface area contributed by atoms with E-state index in [1.165, 1.54) is 12.8 Å². The lowest BCUT2D eigenvalue weighted by molar-refractivity contribution is 0.253. The Bertz CT molecular complexity index is 389. The van der Waals surface area contributed by atoms with E-state index in [9.17, 15) is 0 Å². The summed E-state index contributed by atoms with van der Waals surface area (Å²) in [7, 11) is 4.28. The van der Waals surface area contributed by atoms with E-state index in [-0.39, 0.29) is 0 Å². The van der Waals surface area contributed by atoms with Crippen molar-refractivity contribution in [2.45, 2.75) is 45.3 Å². The zero-order valence-electron chi connectivity index (χ0n) is 12.5. The third kappa shape index (κ3) is 3.94. The summed E-state index contributed by atoms with van der Waals surface area (Å²) >= 11 is 0. The van der Waals surface area contributed by atoms with Crippen LogP contribution >= 0.6 is 0 Å². The predicted molar refractivity (Wildman–Crippen MR) is 77.4 cm³/mol. The van der Waals surface area contributed by atoms with Gasteiger partial charge in [-0.3, -0.25) is 0 Å². The van der Waals surface area contributed by atoms with Crippen molar-refractivity contribution < 1.29 is 4.42 Å². The van der Waals surface area contributed by atoms with Crippen LogP contribution in [0.25, 0.3) is 0 Å². The molecule has 5 heteroatoms. The first-order valence-electron chi connectivity index (χ1n) is 7.15. The molecule has 1 atom stereocenters. The molecule has 19 heavy (non-hydrogen) atoms. The lowest BCUT2D eigenvalue weighted by atomic mass is 10.1. The standard InChI is InChI=1S/C14H26N4O/c1-11(2)15-8-12-10-19-14(16-12)18-7-5-6-13(9-18)17(3)4/h10-11,13,15H,5-9H2,1-4H3. The summed E-state index contributed by atoms with van der Waals surface area (Å²) in [6.45, 7) is 7.08. The monoisotopic (exact) mass is 266 g/mol. The van der Waals surface area contributed by atoms with Crippen LogP contribution in [0.15, 0.2) is 10.7 Å². The van der Waals surface area contributed by atoms with E-state index in [1.807, 2.05) is 0 Å². The first-order valence-corrected chi connectivity index (χ1v) is 7.15. The Balaban J connectivity index is 1.94. The summed E-state index contributed by atoms with van der Waals surface area (Å²) < 4.78 is 5.62. The number of likely N-dealkylation sites (N-methyl/N-ethyl adjacent to an activating group) is 1. The van der Waals surface area contributed by atoms with Gasteiger partial charge >= 0.3 is 0 Å². The summed E-state index contributed by atoms with van der Waals surface area (Å²) in [6.07, 6.45) is 4.22. The Morgan fingerprint density at radius 1 is 1.53 bits per heavy atom. The van der Waals surface area contributed by atoms with Crippen LogP contribution in [0.2, 0.25) is 0 Å². The number of piperidine rings is 1. The van der Waals surface area contributed by atoms with Gasteiger partial charge in [0, 0.05) is 31.7 Å². The quantitative estimate of drug-likeness (QED) is 0.879. The van der Waals surface area contributed by atoms with Crippen LogP contribution in [-0.2, 0) is 6.54 Å². The van der Waals surface area contributed by atoms with Crippen molar-refractivity contribution in [1.29, 1.82) is 0 Å². The maximum Gasteiger partial charge on any atom is 0.297 e. The van der Waals surface area contributed by atoms with Gasteiger partial charge in [0.05, 0.1) is 5.69 Å². The van der Waals surface area contributed by atoms with Crippen molar-refractivity contribution in [3.63, 3.8) is 0 Å². The molecule has 1 aromatic rings. The normalized spacial score (nSPS) is 20.5. The maximum atomic E-state index is 5.62. The topological polar surface area (TPSA) is 44.5 Å². The summed E-state index contributed by atoms with van der Waals surface area (Å²) in [4.78, 5) is 9.12. The molecule has 1 saturated heterocycles. The fraction of sp³-hybridized carbons (Fsp3) is 0.786. The van der Waals surface area contributed by atoms with Gasteiger partial charge in [0.1, 0.15) is 6.26 Å². The van der Waals surface area contributed by atoms with Crippen LogP contribution in [0.5, 0.6) is 0 Å². The van der Waals surface area contributed by atoms with Crippen molar-refractivity contribution in [2.75, 3.05) is 32.1 Å². The summed E-state index contributed by atoms with van der Waals surface area (Å²) in [5.41, 5.74) is 0.982. The van der Waals surface area contributed by atoms with Gasteiger partial charge in [-0.2, -0.15) is 4.98 Å². The second-order valence-electron chi connectivity index (χ2n) is 5.86. The van der Waals surface area contributed by atoms with Crippen LogP contribution < -0.4 is 10.2 Å². The third-order valence-corrected chi connectivity index (χ3v) is 3.63. The summed E-state index contributed by atoms with van der Waals surface area (Å²) in [6, 6.07) is 1.83. The van der Waals surface area contributed by atoms with Crippen LogP contribution in [0, 0.1) is 0 Å². The molecule has 1 aromatic heterocycles. The average Bonchev–Trinajstić information content (AvgIpc) is 2.85. The third-order valence-electron chi connectivity index (χ3n) is 3.63. The molecule has 1 aliphatic rings. The van der Waals surface area contributed by atoms with Gasteiger partial charge in [-0.05, 0) is 26.9 Å². The molecule has 0 spiro atoms. The minimum Gasteiger partial charge on any atom is -0.432 e.